The molecule has 2 N–H and O–H groups in total. The molecule has 4 nitrogen and oxygen atoms in total. The molecule has 18 heavy (non-hydrogen) atoms. The molecule has 0 aromatic rings. The van der Waals surface area contributed by atoms with Gasteiger partial charge in [-0.05, 0) is 53.6 Å². The maximum atomic E-state index is 12.4. The van der Waals surface area contributed by atoms with Crippen LogP contribution in [0.25, 0.3) is 0 Å². The first-order valence-corrected chi connectivity index (χ1v) is 7.92. The molecule has 0 amide bonds. The lowest BCUT2D eigenvalue weighted by molar-refractivity contribution is 0.108. The maximum absolute atomic E-state index is 12.4. The predicted octanol–water partition coefficient (Wildman–Crippen LogP) is 1.20. The first-order valence-electron chi connectivity index (χ1n) is 6.77. The Balaban J connectivity index is 2.16. The Hall–Kier alpha value is 0.0300. The Morgan fingerprint density at radius 1 is 1.22 bits per heavy atom. The fraction of sp³-hybridized carbons (Fsp3) is 1.00. The third-order valence-corrected chi connectivity index (χ3v) is 6.12. The van der Waals surface area contributed by atoms with Crippen LogP contribution >= 0.6 is 0 Å². The zero-order chi connectivity index (χ0) is 13.4. The van der Waals surface area contributed by atoms with E-state index in [1.165, 1.54) is 0 Å². The molecule has 2 rings (SSSR count). The van der Waals surface area contributed by atoms with E-state index in [9.17, 15) is 4.21 Å². The van der Waals surface area contributed by atoms with Gasteiger partial charge in [0.25, 0.3) is 0 Å². The van der Waals surface area contributed by atoms with Crippen LogP contribution < -0.4 is 10.0 Å². The van der Waals surface area contributed by atoms with Crippen LogP contribution in [-0.2, 0) is 15.7 Å². The molecule has 106 valence electrons. The smallest absolute Gasteiger partial charge is 0.0976 e. The van der Waals surface area contributed by atoms with Gasteiger partial charge in [0.2, 0.25) is 0 Å². The molecule has 2 atom stereocenters. The van der Waals surface area contributed by atoms with Crippen LogP contribution in [0, 0.1) is 5.41 Å². The highest BCUT2D eigenvalue weighted by Crippen LogP contribution is 2.45. The molecule has 0 aliphatic carbocycles. The summed E-state index contributed by atoms with van der Waals surface area (Å²) in [7, 11) is -1.04. The van der Waals surface area contributed by atoms with Gasteiger partial charge in [-0.15, -0.1) is 0 Å². The standard InChI is InChI=1S/C13H26N2O2S/c1-11(2,3)18(16)15-12(4)9-17-10-13(12)5-7-14-8-6-13/h14-15H,5-10H2,1-4H3/t12-,18?/m1/s1. The van der Waals surface area contributed by atoms with Crippen LogP contribution in [0.4, 0.5) is 0 Å². The fourth-order valence-electron chi connectivity index (χ4n) is 2.86. The average molecular weight is 274 g/mol. The maximum Gasteiger partial charge on any atom is 0.0976 e. The molecular weight excluding hydrogens is 248 g/mol. The first-order chi connectivity index (χ1) is 8.29. The summed E-state index contributed by atoms with van der Waals surface area (Å²) in [4.78, 5) is 0. The van der Waals surface area contributed by atoms with Crippen molar-refractivity contribution in [1.29, 1.82) is 0 Å². The highest BCUT2D eigenvalue weighted by atomic mass is 32.2. The van der Waals surface area contributed by atoms with Crippen LogP contribution in [0.1, 0.15) is 40.5 Å². The van der Waals surface area contributed by atoms with Crippen molar-refractivity contribution in [3.63, 3.8) is 0 Å². The quantitative estimate of drug-likeness (QED) is 0.795. The third-order valence-electron chi connectivity index (χ3n) is 4.37. The Bertz CT molecular complexity index is 334. The number of hydrogen-bond donors (Lipinski definition) is 2. The highest BCUT2D eigenvalue weighted by molar-refractivity contribution is 7.84. The zero-order valence-corrected chi connectivity index (χ0v) is 12.8. The second-order valence-corrected chi connectivity index (χ2v) is 8.80. The van der Waals surface area contributed by atoms with Gasteiger partial charge >= 0.3 is 0 Å². The molecule has 0 aromatic heterocycles. The number of rotatable bonds is 2. The molecule has 1 unspecified atom stereocenters. The average Bonchev–Trinajstić information content (AvgIpc) is 2.56. The van der Waals surface area contributed by atoms with Gasteiger partial charge in [0.15, 0.2) is 0 Å². The van der Waals surface area contributed by atoms with Crippen molar-refractivity contribution >= 4 is 11.0 Å². The molecule has 2 aliphatic rings. The van der Waals surface area contributed by atoms with Crippen molar-refractivity contribution < 1.29 is 8.95 Å². The van der Waals surface area contributed by atoms with E-state index in [-0.39, 0.29) is 15.7 Å². The van der Waals surface area contributed by atoms with Gasteiger partial charge in [0.1, 0.15) is 0 Å². The van der Waals surface area contributed by atoms with Gasteiger partial charge in [-0.1, -0.05) is 0 Å². The van der Waals surface area contributed by atoms with Gasteiger partial charge in [-0.3, -0.25) is 0 Å². The second-order valence-electron chi connectivity index (χ2n) is 6.84. The molecular formula is C13H26N2O2S. The summed E-state index contributed by atoms with van der Waals surface area (Å²) in [5, 5.41) is 3.40. The zero-order valence-electron chi connectivity index (χ0n) is 12.0. The molecule has 2 fully saturated rings. The van der Waals surface area contributed by atoms with Gasteiger partial charge in [0, 0.05) is 5.41 Å². The fourth-order valence-corrected chi connectivity index (χ4v) is 3.85. The second kappa shape index (κ2) is 4.85. The van der Waals surface area contributed by atoms with Gasteiger partial charge in [-0.25, -0.2) is 8.93 Å². The molecule has 0 radical (unpaired) electrons. The van der Waals surface area contributed by atoms with Crippen molar-refractivity contribution in [1.82, 2.24) is 10.0 Å². The van der Waals surface area contributed by atoms with E-state index in [1.54, 1.807) is 0 Å². The summed E-state index contributed by atoms with van der Waals surface area (Å²) in [5.74, 6) is 0. The SMILES string of the molecule is CC(C)(C)S(=O)N[C@]1(C)COCC12CCNCC2. The molecule has 0 aromatic carbocycles. The number of nitrogens with one attached hydrogen (secondary N) is 2. The van der Waals surface area contributed by atoms with Crippen molar-refractivity contribution in [2.75, 3.05) is 26.3 Å². The predicted molar refractivity (Wildman–Crippen MR) is 74.8 cm³/mol. The minimum Gasteiger partial charge on any atom is -0.379 e. The lowest BCUT2D eigenvalue weighted by Crippen LogP contribution is -2.60. The Morgan fingerprint density at radius 2 is 1.83 bits per heavy atom. The van der Waals surface area contributed by atoms with E-state index in [0.29, 0.717) is 6.61 Å². The molecule has 2 saturated heterocycles. The highest BCUT2D eigenvalue weighted by Gasteiger charge is 2.54. The number of ether oxygens (including phenoxy) is 1. The Labute approximate surface area is 113 Å². The van der Waals surface area contributed by atoms with E-state index >= 15 is 0 Å². The van der Waals surface area contributed by atoms with Gasteiger partial charge < -0.3 is 10.1 Å². The molecule has 2 heterocycles. The molecule has 2 aliphatic heterocycles. The van der Waals surface area contributed by atoms with Crippen LogP contribution in [-0.4, -0.2) is 40.8 Å². The van der Waals surface area contributed by atoms with Crippen molar-refractivity contribution in [3.8, 4) is 0 Å². The van der Waals surface area contributed by atoms with E-state index in [1.807, 2.05) is 20.8 Å². The number of piperidine rings is 1. The number of hydrogen-bond acceptors (Lipinski definition) is 3. The summed E-state index contributed by atoms with van der Waals surface area (Å²) in [6, 6.07) is 0. The van der Waals surface area contributed by atoms with Gasteiger partial charge in [-0.2, -0.15) is 0 Å². The lowest BCUT2D eigenvalue weighted by atomic mass is 9.67. The summed E-state index contributed by atoms with van der Waals surface area (Å²) < 4.78 is 21.3. The summed E-state index contributed by atoms with van der Waals surface area (Å²) in [6.07, 6.45) is 2.19. The van der Waals surface area contributed by atoms with Crippen molar-refractivity contribution in [2.45, 2.75) is 50.8 Å². The minimum atomic E-state index is -1.04. The third kappa shape index (κ3) is 2.50. The molecule has 0 bridgehead atoms. The minimum absolute atomic E-state index is 0.138. The monoisotopic (exact) mass is 274 g/mol. The van der Waals surface area contributed by atoms with Crippen molar-refractivity contribution in [3.05, 3.63) is 0 Å². The van der Waals surface area contributed by atoms with Crippen LogP contribution in [0.3, 0.4) is 0 Å². The largest absolute Gasteiger partial charge is 0.379 e. The summed E-state index contributed by atoms with van der Waals surface area (Å²) >= 11 is 0. The molecule has 5 heteroatoms. The van der Waals surface area contributed by atoms with Gasteiger partial charge in [0.05, 0.1) is 34.5 Å². The van der Waals surface area contributed by atoms with Crippen LogP contribution in [0.5, 0.6) is 0 Å². The normalized spacial score (nSPS) is 33.8. The lowest BCUT2D eigenvalue weighted by Gasteiger charge is -2.45. The van der Waals surface area contributed by atoms with E-state index in [2.05, 4.69) is 17.0 Å². The summed E-state index contributed by atoms with van der Waals surface area (Å²) in [5.41, 5.74) is -0.0353. The van der Waals surface area contributed by atoms with E-state index < -0.39 is 11.0 Å². The topological polar surface area (TPSA) is 50.4 Å². The Kier molecular flexibility index (Phi) is 3.89. The van der Waals surface area contributed by atoms with Crippen LogP contribution in [0.2, 0.25) is 0 Å². The summed E-state index contributed by atoms with van der Waals surface area (Å²) in [6.45, 7) is 11.7. The first kappa shape index (κ1) is 14.4. The van der Waals surface area contributed by atoms with Crippen molar-refractivity contribution in [2.24, 2.45) is 5.41 Å². The van der Waals surface area contributed by atoms with E-state index in [0.717, 1.165) is 32.5 Å². The Morgan fingerprint density at radius 3 is 2.39 bits per heavy atom. The van der Waals surface area contributed by atoms with E-state index in [4.69, 9.17) is 4.74 Å². The molecule has 1 spiro atoms. The van der Waals surface area contributed by atoms with Crippen LogP contribution in [0.15, 0.2) is 0 Å². The molecule has 0 saturated carbocycles.